The van der Waals surface area contributed by atoms with Gasteiger partial charge in [0.05, 0.1) is 12.5 Å². The summed E-state index contributed by atoms with van der Waals surface area (Å²) in [4.78, 5) is 26.2. The molecule has 0 bridgehead atoms. The number of benzene rings is 2. The van der Waals surface area contributed by atoms with Gasteiger partial charge in [-0.3, -0.25) is 4.79 Å². The van der Waals surface area contributed by atoms with Crippen LogP contribution in [-0.4, -0.2) is 18.4 Å². The Labute approximate surface area is 176 Å². The number of rotatable bonds is 4. The molecular weight excluding hydrogens is 378 g/mol. The van der Waals surface area contributed by atoms with Crippen molar-refractivity contribution in [3.63, 3.8) is 0 Å². The zero-order chi connectivity index (χ0) is 21.3. The van der Waals surface area contributed by atoms with E-state index in [4.69, 9.17) is 15.2 Å². The Balaban J connectivity index is 1.82. The predicted octanol–water partition coefficient (Wildman–Crippen LogP) is 4.24. The Morgan fingerprint density at radius 3 is 2.50 bits per heavy atom. The van der Waals surface area contributed by atoms with Crippen LogP contribution < -0.4 is 5.73 Å². The molecule has 4 rings (SSSR count). The van der Waals surface area contributed by atoms with Gasteiger partial charge in [-0.2, -0.15) is 0 Å². The molecule has 2 aliphatic rings. The van der Waals surface area contributed by atoms with Crippen LogP contribution in [0.15, 0.2) is 77.4 Å². The molecule has 154 valence electrons. The molecule has 0 amide bonds. The van der Waals surface area contributed by atoms with Crippen molar-refractivity contribution in [2.45, 2.75) is 38.5 Å². The second-order valence-electron chi connectivity index (χ2n) is 7.67. The molecular formula is C25H25NO4. The van der Waals surface area contributed by atoms with Gasteiger partial charge in [0.1, 0.15) is 11.3 Å². The third-order valence-corrected chi connectivity index (χ3v) is 5.81. The van der Waals surface area contributed by atoms with E-state index in [1.165, 1.54) is 0 Å². The van der Waals surface area contributed by atoms with E-state index in [1.54, 1.807) is 6.92 Å². The minimum Gasteiger partial charge on any atom is -0.462 e. The maximum atomic E-state index is 13.4. The summed E-state index contributed by atoms with van der Waals surface area (Å²) in [6, 6.07) is 17.7. The van der Waals surface area contributed by atoms with Gasteiger partial charge >= 0.3 is 5.97 Å². The van der Waals surface area contributed by atoms with Crippen LogP contribution in [0.25, 0.3) is 0 Å². The summed E-state index contributed by atoms with van der Waals surface area (Å²) in [5.41, 5.74) is 9.89. The average Bonchev–Trinajstić information content (AvgIpc) is 2.74. The maximum Gasteiger partial charge on any atom is 0.340 e. The van der Waals surface area contributed by atoms with Gasteiger partial charge in [0, 0.05) is 18.4 Å². The van der Waals surface area contributed by atoms with Gasteiger partial charge in [-0.1, -0.05) is 54.6 Å². The van der Waals surface area contributed by atoms with Gasteiger partial charge in [0.2, 0.25) is 5.88 Å². The van der Waals surface area contributed by atoms with E-state index >= 15 is 0 Å². The molecule has 1 heterocycles. The number of carbonyl (C=O) groups is 2. The van der Waals surface area contributed by atoms with E-state index in [0.29, 0.717) is 24.2 Å². The van der Waals surface area contributed by atoms with Crippen LogP contribution in [-0.2, 0) is 19.1 Å². The summed E-state index contributed by atoms with van der Waals surface area (Å²) >= 11 is 0. The second kappa shape index (κ2) is 8.19. The molecule has 0 saturated heterocycles. The molecule has 5 heteroatoms. The minimum absolute atomic E-state index is 0.0157. The zero-order valence-electron chi connectivity index (χ0n) is 17.2. The van der Waals surface area contributed by atoms with E-state index in [9.17, 15) is 9.59 Å². The molecule has 30 heavy (non-hydrogen) atoms. The quantitative estimate of drug-likeness (QED) is 0.773. The van der Waals surface area contributed by atoms with Gasteiger partial charge in [-0.05, 0) is 36.5 Å². The molecule has 0 aromatic heterocycles. The van der Waals surface area contributed by atoms with Gasteiger partial charge in [-0.25, -0.2) is 4.79 Å². The van der Waals surface area contributed by atoms with Crippen molar-refractivity contribution < 1.29 is 19.1 Å². The third-order valence-electron chi connectivity index (χ3n) is 5.81. The largest absolute Gasteiger partial charge is 0.462 e. The Morgan fingerprint density at radius 2 is 1.80 bits per heavy atom. The average molecular weight is 403 g/mol. The first-order chi connectivity index (χ1) is 14.5. The highest BCUT2D eigenvalue weighted by Crippen LogP contribution is 2.47. The van der Waals surface area contributed by atoms with Crippen LogP contribution >= 0.6 is 0 Å². The molecule has 5 nitrogen and oxygen atoms in total. The minimum atomic E-state index is -0.585. The molecule has 2 aromatic carbocycles. The summed E-state index contributed by atoms with van der Waals surface area (Å²) in [6.45, 7) is 3.91. The lowest BCUT2D eigenvalue weighted by molar-refractivity contribution is -0.139. The molecule has 1 aliphatic carbocycles. The normalized spacial score (nSPS) is 21.2. The van der Waals surface area contributed by atoms with Crippen molar-refractivity contribution in [2.24, 2.45) is 5.73 Å². The highest BCUT2D eigenvalue weighted by atomic mass is 16.5. The van der Waals surface area contributed by atoms with E-state index in [2.05, 4.69) is 0 Å². The lowest BCUT2D eigenvalue weighted by atomic mass is 9.72. The van der Waals surface area contributed by atoms with E-state index in [0.717, 1.165) is 16.7 Å². The number of esters is 1. The number of hydrogen-bond donors (Lipinski definition) is 1. The molecule has 2 atom stereocenters. The van der Waals surface area contributed by atoms with Crippen molar-refractivity contribution in [3.8, 4) is 0 Å². The zero-order valence-corrected chi connectivity index (χ0v) is 17.2. The fourth-order valence-corrected chi connectivity index (χ4v) is 4.40. The first-order valence-corrected chi connectivity index (χ1v) is 10.2. The number of nitrogens with two attached hydrogens (primary N) is 1. The smallest absolute Gasteiger partial charge is 0.340 e. The lowest BCUT2D eigenvalue weighted by Crippen LogP contribution is -2.33. The Hall–Kier alpha value is -3.34. The number of ether oxygens (including phenoxy) is 2. The van der Waals surface area contributed by atoms with Crippen LogP contribution in [0.1, 0.15) is 48.3 Å². The van der Waals surface area contributed by atoms with E-state index < -0.39 is 11.9 Å². The van der Waals surface area contributed by atoms with Crippen LogP contribution in [0.3, 0.4) is 0 Å². The molecule has 0 fully saturated rings. The first kappa shape index (κ1) is 20.0. The SMILES string of the molecule is CCOC(=O)C1=C(N)OC2=C(C(=O)C[C@H](c3ccccc3)C2)[C@@H]1c1ccccc1C. The highest BCUT2D eigenvalue weighted by Gasteiger charge is 2.43. The van der Waals surface area contributed by atoms with Crippen LogP contribution in [0.5, 0.6) is 0 Å². The fourth-order valence-electron chi connectivity index (χ4n) is 4.40. The summed E-state index contributed by atoms with van der Waals surface area (Å²) in [6.07, 6.45) is 0.925. The monoisotopic (exact) mass is 403 g/mol. The number of carbonyl (C=O) groups excluding carboxylic acids is 2. The van der Waals surface area contributed by atoms with Gasteiger partial charge in [-0.15, -0.1) is 0 Å². The molecule has 2 N–H and O–H groups in total. The fraction of sp³-hybridized carbons (Fsp3) is 0.280. The standard InChI is InChI=1S/C25H25NO4/c1-3-29-25(28)23-21(18-12-8-7-9-15(18)2)22-19(27)13-17(14-20(22)30-24(23)26)16-10-5-4-6-11-16/h4-12,17,21H,3,13-14,26H2,1-2H3/t17-,21-/m0/s1. The molecule has 0 radical (unpaired) electrons. The molecule has 0 unspecified atom stereocenters. The highest BCUT2D eigenvalue weighted by molar-refractivity contribution is 6.03. The van der Waals surface area contributed by atoms with E-state index in [-0.39, 0.29) is 29.8 Å². The number of Topliss-reactive ketones (excluding diaryl/α,β-unsaturated/α-hetero) is 1. The van der Waals surface area contributed by atoms with Crippen molar-refractivity contribution >= 4 is 11.8 Å². The Morgan fingerprint density at radius 1 is 1.10 bits per heavy atom. The number of aryl methyl sites for hydroxylation is 1. The third kappa shape index (κ3) is 3.52. The maximum absolute atomic E-state index is 13.4. The number of hydrogen-bond acceptors (Lipinski definition) is 5. The molecule has 0 spiro atoms. The number of allylic oxidation sites excluding steroid dienone is 2. The van der Waals surface area contributed by atoms with Gasteiger partial charge < -0.3 is 15.2 Å². The van der Waals surface area contributed by atoms with Crippen molar-refractivity contribution in [1.29, 1.82) is 0 Å². The number of ketones is 1. The Kier molecular flexibility index (Phi) is 5.44. The summed E-state index contributed by atoms with van der Waals surface area (Å²) in [5.74, 6) is -0.563. The van der Waals surface area contributed by atoms with Crippen LogP contribution in [0.4, 0.5) is 0 Å². The summed E-state index contributed by atoms with van der Waals surface area (Å²) in [7, 11) is 0. The second-order valence-corrected chi connectivity index (χ2v) is 7.67. The topological polar surface area (TPSA) is 78.6 Å². The molecule has 0 saturated carbocycles. The summed E-state index contributed by atoms with van der Waals surface area (Å²) in [5, 5.41) is 0. The first-order valence-electron chi connectivity index (χ1n) is 10.2. The predicted molar refractivity (Wildman–Crippen MR) is 113 cm³/mol. The lowest BCUT2D eigenvalue weighted by Gasteiger charge is -2.35. The molecule has 2 aromatic rings. The van der Waals surface area contributed by atoms with Crippen molar-refractivity contribution in [3.05, 3.63) is 94.1 Å². The van der Waals surface area contributed by atoms with E-state index in [1.807, 2.05) is 61.5 Å². The van der Waals surface area contributed by atoms with Crippen molar-refractivity contribution in [1.82, 2.24) is 0 Å². The summed E-state index contributed by atoms with van der Waals surface area (Å²) < 4.78 is 11.2. The van der Waals surface area contributed by atoms with Crippen LogP contribution in [0, 0.1) is 6.92 Å². The van der Waals surface area contributed by atoms with Gasteiger partial charge in [0.15, 0.2) is 5.78 Å². The Bertz CT molecular complexity index is 1050. The van der Waals surface area contributed by atoms with Crippen molar-refractivity contribution in [2.75, 3.05) is 6.61 Å². The van der Waals surface area contributed by atoms with Gasteiger partial charge in [0.25, 0.3) is 0 Å². The molecule has 1 aliphatic heterocycles. The van der Waals surface area contributed by atoms with Crippen LogP contribution in [0.2, 0.25) is 0 Å².